The fourth-order valence-electron chi connectivity index (χ4n) is 3.39. The molecular formula is C25H34BrN3O4S. The van der Waals surface area contributed by atoms with Gasteiger partial charge in [0, 0.05) is 37.6 Å². The van der Waals surface area contributed by atoms with Gasteiger partial charge in [-0.25, -0.2) is 12.7 Å². The van der Waals surface area contributed by atoms with Crippen LogP contribution in [0.3, 0.4) is 0 Å². The fraction of sp³-hybridized carbons (Fsp3) is 0.440. The smallest absolute Gasteiger partial charge is 0.242 e. The normalized spacial score (nSPS) is 12.4. The number of nitrogens with one attached hydrogen (secondary N) is 1. The summed E-state index contributed by atoms with van der Waals surface area (Å²) in [6.45, 7) is 4.85. The van der Waals surface area contributed by atoms with E-state index in [4.69, 9.17) is 0 Å². The Morgan fingerprint density at radius 2 is 1.68 bits per heavy atom. The molecule has 0 bridgehead atoms. The lowest BCUT2D eigenvalue weighted by Gasteiger charge is -2.29. The molecule has 2 aromatic carbocycles. The topological polar surface area (TPSA) is 86.8 Å². The molecule has 0 fully saturated rings. The number of nitrogens with zero attached hydrogens (tertiary/aromatic N) is 2. The highest BCUT2D eigenvalue weighted by Crippen LogP contribution is 2.17. The first kappa shape index (κ1) is 28.0. The van der Waals surface area contributed by atoms with Gasteiger partial charge in [0.2, 0.25) is 21.8 Å². The first-order valence-corrected chi connectivity index (χ1v) is 13.7. The van der Waals surface area contributed by atoms with Crippen LogP contribution in [-0.4, -0.2) is 55.6 Å². The summed E-state index contributed by atoms with van der Waals surface area (Å²) in [6.07, 6.45) is 2.33. The Morgan fingerprint density at radius 3 is 2.29 bits per heavy atom. The number of rotatable bonds is 13. The van der Waals surface area contributed by atoms with Crippen LogP contribution >= 0.6 is 15.9 Å². The van der Waals surface area contributed by atoms with Gasteiger partial charge in [0.05, 0.1) is 4.90 Å². The summed E-state index contributed by atoms with van der Waals surface area (Å²) in [5.41, 5.74) is 0.911. The maximum Gasteiger partial charge on any atom is 0.242 e. The molecule has 0 aromatic heterocycles. The maximum absolute atomic E-state index is 13.2. The number of hydrogen-bond donors (Lipinski definition) is 1. The second kappa shape index (κ2) is 13.6. The first-order valence-electron chi connectivity index (χ1n) is 11.5. The molecule has 2 amide bonds. The van der Waals surface area contributed by atoms with Gasteiger partial charge in [-0.1, -0.05) is 59.6 Å². The molecule has 0 spiro atoms. The molecule has 0 saturated heterocycles. The molecule has 2 rings (SSSR count). The van der Waals surface area contributed by atoms with E-state index in [9.17, 15) is 18.0 Å². The molecule has 1 N–H and O–H groups in total. The summed E-state index contributed by atoms with van der Waals surface area (Å²) >= 11 is 3.41. The van der Waals surface area contributed by atoms with Crippen molar-refractivity contribution in [1.82, 2.24) is 14.5 Å². The third-order valence-electron chi connectivity index (χ3n) is 5.58. The van der Waals surface area contributed by atoms with E-state index in [1.54, 1.807) is 42.2 Å². The lowest BCUT2D eigenvalue weighted by Crippen LogP contribution is -2.47. The molecule has 0 saturated carbocycles. The van der Waals surface area contributed by atoms with Crippen molar-refractivity contribution < 1.29 is 18.0 Å². The summed E-state index contributed by atoms with van der Waals surface area (Å²) in [6, 6.07) is 15.2. The number of sulfonamides is 1. The van der Waals surface area contributed by atoms with Crippen molar-refractivity contribution in [2.24, 2.45) is 0 Å². The summed E-state index contributed by atoms with van der Waals surface area (Å²) < 4.78 is 27.6. The predicted molar refractivity (Wildman–Crippen MR) is 138 cm³/mol. The molecular weight excluding hydrogens is 518 g/mol. The number of hydrogen-bond acceptors (Lipinski definition) is 4. The average molecular weight is 553 g/mol. The third-order valence-corrected chi connectivity index (χ3v) is 7.98. The van der Waals surface area contributed by atoms with E-state index < -0.39 is 16.1 Å². The van der Waals surface area contributed by atoms with E-state index in [1.807, 2.05) is 31.2 Å². The van der Waals surface area contributed by atoms with Crippen molar-refractivity contribution in [1.29, 1.82) is 0 Å². The molecule has 186 valence electrons. The summed E-state index contributed by atoms with van der Waals surface area (Å²) in [5.74, 6) is -0.380. The Labute approximate surface area is 211 Å². The van der Waals surface area contributed by atoms with Crippen molar-refractivity contribution in [3.63, 3.8) is 0 Å². The number of unbranched alkanes of at least 4 members (excludes halogenated alkanes) is 1. The minimum Gasteiger partial charge on any atom is -0.354 e. The van der Waals surface area contributed by atoms with E-state index >= 15 is 0 Å². The van der Waals surface area contributed by atoms with Gasteiger partial charge in [-0.2, -0.15) is 0 Å². The van der Waals surface area contributed by atoms with Crippen LogP contribution in [0.15, 0.2) is 64.0 Å². The van der Waals surface area contributed by atoms with Crippen LogP contribution in [0.25, 0.3) is 0 Å². The van der Waals surface area contributed by atoms with E-state index in [2.05, 4.69) is 21.2 Å². The Morgan fingerprint density at radius 1 is 1.03 bits per heavy atom. The number of halogens is 1. The largest absolute Gasteiger partial charge is 0.354 e. The first-order chi connectivity index (χ1) is 16.2. The Bertz CT molecular complexity index is 1030. The Balaban J connectivity index is 2.05. The molecule has 0 unspecified atom stereocenters. The summed E-state index contributed by atoms with van der Waals surface area (Å²) in [5, 5.41) is 2.90. The lowest BCUT2D eigenvalue weighted by molar-refractivity contribution is -0.140. The SMILES string of the molecule is CCCCNC(=O)[C@H](C)N(Cc1ccc(Br)cc1)C(=O)CCCN(C)S(=O)(=O)c1ccccc1. The van der Waals surface area contributed by atoms with Crippen LogP contribution in [0.4, 0.5) is 0 Å². The zero-order chi connectivity index (χ0) is 25.1. The molecule has 34 heavy (non-hydrogen) atoms. The molecule has 0 aliphatic rings. The third kappa shape index (κ3) is 8.21. The highest BCUT2D eigenvalue weighted by molar-refractivity contribution is 9.10. The Hall–Kier alpha value is -2.23. The van der Waals surface area contributed by atoms with E-state index in [-0.39, 0.29) is 29.7 Å². The van der Waals surface area contributed by atoms with E-state index in [0.717, 1.165) is 22.9 Å². The standard InChI is InChI=1S/C25H34BrN3O4S/c1-4-5-17-27-25(31)20(2)29(19-21-13-15-22(26)16-14-21)24(30)12-9-18-28(3)34(32,33)23-10-7-6-8-11-23/h6-8,10-11,13-16,20H,4-5,9,12,17-19H2,1-3H3,(H,27,31)/t20-/m0/s1. The van der Waals surface area contributed by atoms with Crippen molar-refractivity contribution in [3.05, 3.63) is 64.6 Å². The quantitative estimate of drug-likeness (QED) is 0.378. The zero-order valence-corrected chi connectivity index (χ0v) is 22.4. The molecule has 0 heterocycles. The monoisotopic (exact) mass is 551 g/mol. The second-order valence-electron chi connectivity index (χ2n) is 8.21. The molecule has 2 aromatic rings. The van der Waals surface area contributed by atoms with Gasteiger partial charge in [0.1, 0.15) is 6.04 Å². The van der Waals surface area contributed by atoms with Gasteiger partial charge < -0.3 is 10.2 Å². The summed E-state index contributed by atoms with van der Waals surface area (Å²) in [4.78, 5) is 27.6. The molecule has 0 aliphatic heterocycles. The maximum atomic E-state index is 13.2. The van der Waals surface area contributed by atoms with Gasteiger partial charge in [0.15, 0.2) is 0 Å². The number of amides is 2. The van der Waals surface area contributed by atoms with Crippen LogP contribution in [0, 0.1) is 0 Å². The van der Waals surface area contributed by atoms with Crippen molar-refractivity contribution >= 4 is 37.8 Å². The molecule has 9 heteroatoms. The number of benzene rings is 2. The van der Waals surface area contributed by atoms with Crippen molar-refractivity contribution in [2.45, 2.75) is 57.0 Å². The molecule has 7 nitrogen and oxygen atoms in total. The van der Waals surface area contributed by atoms with Crippen LogP contribution < -0.4 is 5.32 Å². The average Bonchev–Trinajstić information content (AvgIpc) is 2.83. The van der Waals surface area contributed by atoms with Crippen LogP contribution in [0.2, 0.25) is 0 Å². The van der Waals surface area contributed by atoms with Gasteiger partial charge in [0.25, 0.3) is 0 Å². The minimum atomic E-state index is -3.61. The van der Waals surface area contributed by atoms with Crippen molar-refractivity contribution in [3.8, 4) is 0 Å². The number of carbonyl (C=O) groups excluding carboxylic acids is 2. The lowest BCUT2D eigenvalue weighted by atomic mass is 10.1. The zero-order valence-electron chi connectivity index (χ0n) is 20.0. The van der Waals surface area contributed by atoms with Crippen molar-refractivity contribution in [2.75, 3.05) is 20.1 Å². The second-order valence-corrected chi connectivity index (χ2v) is 11.2. The minimum absolute atomic E-state index is 0.137. The Kier molecular flexibility index (Phi) is 11.2. The molecule has 0 radical (unpaired) electrons. The summed E-state index contributed by atoms with van der Waals surface area (Å²) in [7, 11) is -2.10. The number of carbonyl (C=O) groups is 2. The highest BCUT2D eigenvalue weighted by Gasteiger charge is 2.26. The van der Waals surface area contributed by atoms with Gasteiger partial charge >= 0.3 is 0 Å². The molecule has 1 atom stereocenters. The van der Waals surface area contributed by atoms with Crippen LogP contribution in [0.5, 0.6) is 0 Å². The van der Waals surface area contributed by atoms with Crippen LogP contribution in [0.1, 0.15) is 45.1 Å². The molecule has 0 aliphatic carbocycles. The van der Waals surface area contributed by atoms with E-state index in [0.29, 0.717) is 19.5 Å². The van der Waals surface area contributed by atoms with Gasteiger partial charge in [-0.3, -0.25) is 9.59 Å². The van der Waals surface area contributed by atoms with Gasteiger partial charge in [-0.15, -0.1) is 0 Å². The fourth-order valence-corrected chi connectivity index (χ4v) is 4.89. The van der Waals surface area contributed by atoms with E-state index in [1.165, 1.54) is 11.4 Å². The predicted octanol–water partition coefficient (Wildman–Crippen LogP) is 4.18. The van der Waals surface area contributed by atoms with Gasteiger partial charge in [-0.05, 0) is 49.6 Å². The van der Waals surface area contributed by atoms with Crippen LogP contribution in [-0.2, 0) is 26.2 Å². The highest BCUT2D eigenvalue weighted by atomic mass is 79.9.